The highest BCUT2D eigenvalue weighted by Gasteiger charge is 2.34. The van der Waals surface area contributed by atoms with Crippen LogP contribution in [0.2, 0.25) is 0 Å². The average molecular weight is 436 g/mol. The fourth-order valence-corrected chi connectivity index (χ4v) is 3.68. The number of allylic oxidation sites excluding steroid dienone is 3. The van der Waals surface area contributed by atoms with E-state index in [1.807, 2.05) is 0 Å². The lowest BCUT2D eigenvalue weighted by Gasteiger charge is -2.46. The molecule has 29 heavy (non-hydrogen) atoms. The van der Waals surface area contributed by atoms with Gasteiger partial charge in [0.05, 0.1) is 24.3 Å². The lowest BCUT2D eigenvalue weighted by Crippen LogP contribution is -2.61. The Kier molecular flexibility index (Phi) is 9.04. The van der Waals surface area contributed by atoms with Crippen LogP contribution in [-0.2, 0) is 4.79 Å². The quantitative estimate of drug-likeness (QED) is 0.385. The molecule has 0 radical (unpaired) electrons. The van der Waals surface area contributed by atoms with Crippen LogP contribution in [0.4, 0.5) is 13.2 Å². The molecular formula is C20H29ClF3N3O2. The lowest BCUT2D eigenvalue weighted by atomic mass is 9.89. The molecule has 1 aliphatic carbocycles. The van der Waals surface area contributed by atoms with Crippen molar-refractivity contribution in [1.29, 1.82) is 0 Å². The van der Waals surface area contributed by atoms with E-state index in [0.29, 0.717) is 11.7 Å². The fourth-order valence-electron chi connectivity index (χ4n) is 3.60. The van der Waals surface area contributed by atoms with E-state index in [-0.39, 0.29) is 31.0 Å². The van der Waals surface area contributed by atoms with Crippen LogP contribution in [0.25, 0.3) is 0 Å². The van der Waals surface area contributed by atoms with E-state index in [2.05, 4.69) is 22.1 Å². The first-order chi connectivity index (χ1) is 13.7. The molecule has 1 amide bonds. The van der Waals surface area contributed by atoms with Crippen LogP contribution in [0.5, 0.6) is 0 Å². The van der Waals surface area contributed by atoms with E-state index in [4.69, 9.17) is 11.6 Å². The third kappa shape index (κ3) is 8.03. The lowest BCUT2D eigenvalue weighted by molar-refractivity contribution is -0.120. The molecule has 0 bridgehead atoms. The standard InChI is InChI=1S/C20H29ClF3N3O2/c1-14(26-16-12-27(13-16)17-5-7-18(28)8-6-17)11-25-19(29)9-4-15(3-2-10-21)20(22,23)24/h2-4,16-18,26,28H,1,5-13H2,(H,25,29)/b3-2-,15-4+/t17-,18-. The first kappa shape index (κ1) is 23.8. The number of alkyl halides is 4. The van der Waals surface area contributed by atoms with E-state index in [0.717, 1.165) is 50.9 Å². The summed E-state index contributed by atoms with van der Waals surface area (Å²) < 4.78 is 38.5. The summed E-state index contributed by atoms with van der Waals surface area (Å²) in [6.07, 6.45) is 1.56. The summed E-state index contributed by atoms with van der Waals surface area (Å²) in [5.74, 6) is -0.545. The molecule has 1 aliphatic heterocycles. The van der Waals surface area contributed by atoms with Crippen molar-refractivity contribution in [1.82, 2.24) is 15.5 Å². The largest absolute Gasteiger partial charge is 0.416 e. The minimum atomic E-state index is -4.53. The van der Waals surface area contributed by atoms with Gasteiger partial charge >= 0.3 is 6.18 Å². The second-order valence-electron chi connectivity index (χ2n) is 7.56. The Bertz CT molecular complexity index is 623. The van der Waals surface area contributed by atoms with Crippen LogP contribution >= 0.6 is 11.6 Å². The number of amides is 1. The van der Waals surface area contributed by atoms with Crippen molar-refractivity contribution in [2.24, 2.45) is 0 Å². The number of aliphatic hydroxyl groups excluding tert-OH is 1. The molecule has 1 saturated carbocycles. The molecule has 1 saturated heterocycles. The maximum atomic E-state index is 12.8. The SMILES string of the molecule is C=C(CNC(=O)C/C=C(\C=C/CCl)C(F)(F)F)NC1CN([C@H]2CC[C@H](O)CC2)C1. The Labute approximate surface area is 174 Å². The number of aliphatic hydroxyl groups is 1. The molecule has 0 unspecified atom stereocenters. The number of rotatable bonds is 9. The zero-order valence-electron chi connectivity index (χ0n) is 16.3. The van der Waals surface area contributed by atoms with Gasteiger partial charge in [-0.3, -0.25) is 9.69 Å². The van der Waals surface area contributed by atoms with Crippen LogP contribution in [0, 0.1) is 0 Å². The number of nitrogens with zero attached hydrogens (tertiary/aromatic N) is 1. The molecule has 5 nitrogen and oxygen atoms in total. The van der Waals surface area contributed by atoms with Crippen molar-refractivity contribution >= 4 is 17.5 Å². The monoisotopic (exact) mass is 435 g/mol. The minimum Gasteiger partial charge on any atom is -0.393 e. The van der Waals surface area contributed by atoms with Gasteiger partial charge in [-0.05, 0) is 25.7 Å². The highest BCUT2D eigenvalue weighted by Crippen LogP contribution is 2.27. The number of halogens is 4. The van der Waals surface area contributed by atoms with Gasteiger partial charge in [0.2, 0.25) is 5.91 Å². The molecule has 0 spiro atoms. The topological polar surface area (TPSA) is 64.6 Å². The summed E-state index contributed by atoms with van der Waals surface area (Å²) in [6.45, 7) is 5.81. The van der Waals surface area contributed by atoms with E-state index < -0.39 is 17.7 Å². The molecule has 164 valence electrons. The van der Waals surface area contributed by atoms with E-state index in [9.17, 15) is 23.1 Å². The van der Waals surface area contributed by atoms with Crippen LogP contribution in [0.15, 0.2) is 36.1 Å². The van der Waals surface area contributed by atoms with Crippen LogP contribution in [0.3, 0.4) is 0 Å². The van der Waals surface area contributed by atoms with Gasteiger partial charge in [0.1, 0.15) is 0 Å². The first-order valence-corrected chi connectivity index (χ1v) is 10.4. The molecule has 9 heteroatoms. The highest BCUT2D eigenvalue weighted by molar-refractivity contribution is 6.18. The zero-order valence-corrected chi connectivity index (χ0v) is 17.1. The van der Waals surface area contributed by atoms with Gasteiger partial charge < -0.3 is 15.7 Å². The van der Waals surface area contributed by atoms with Crippen molar-refractivity contribution in [2.45, 2.75) is 56.5 Å². The third-order valence-corrected chi connectivity index (χ3v) is 5.40. The Morgan fingerprint density at radius 1 is 1.24 bits per heavy atom. The van der Waals surface area contributed by atoms with Crippen LogP contribution in [0.1, 0.15) is 32.1 Å². The van der Waals surface area contributed by atoms with E-state index in [1.54, 1.807) is 0 Å². The Morgan fingerprint density at radius 3 is 2.48 bits per heavy atom. The van der Waals surface area contributed by atoms with Gasteiger partial charge in [-0.1, -0.05) is 24.8 Å². The summed E-state index contributed by atoms with van der Waals surface area (Å²) in [6, 6.07) is 0.774. The van der Waals surface area contributed by atoms with Crippen molar-refractivity contribution in [2.75, 3.05) is 25.5 Å². The summed E-state index contributed by atoms with van der Waals surface area (Å²) in [7, 11) is 0. The van der Waals surface area contributed by atoms with Crippen LogP contribution in [-0.4, -0.2) is 65.8 Å². The summed E-state index contributed by atoms with van der Waals surface area (Å²) >= 11 is 5.37. The van der Waals surface area contributed by atoms with Gasteiger partial charge in [0.25, 0.3) is 0 Å². The number of likely N-dealkylation sites (tertiary alicyclic amines) is 1. The van der Waals surface area contributed by atoms with Gasteiger partial charge in [-0.25, -0.2) is 0 Å². The van der Waals surface area contributed by atoms with Crippen LogP contribution < -0.4 is 10.6 Å². The summed E-state index contributed by atoms with van der Waals surface area (Å²) in [5.41, 5.74) is -0.265. The number of carbonyl (C=O) groups excluding carboxylic acids is 1. The normalized spacial score (nSPS) is 24.4. The van der Waals surface area contributed by atoms with Gasteiger partial charge in [-0.15, -0.1) is 11.6 Å². The maximum Gasteiger partial charge on any atom is 0.416 e. The minimum absolute atomic E-state index is 0.0353. The number of hydrogen-bond acceptors (Lipinski definition) is 4. The predicted molar refractivity (Wildman–Crippen MR) is 108 cm³/mol. The van der Waals surface area contributed by atoms with Gasteiger partial charge in [0, 0.05) is 37.1 Å². The van der Waals surface area contributed by atoms with Gasteiger partial charge in [0.15, 0.2) is 0 Å². The molecule has 1 heterocycles. The number of nitrogens with one attached hydrogen (secondary N) is 2. The molecule has 3 N–H and O–H groups in total. The Hall–Kier alpha value is -1.51. The second-order valence-corrected chi connectivity index (χ2v) is 7.86. The van der Waals surface area contributed by atoms with Gasteiger partial charge in [-0.2, -0.15) is 13.2 Å². The molecule has 2 aliphatic rings. The smallest absolute Gasteiger partial charge is 0.393 e. The fraction of sp³-hybridized carbons (Fsp3) is 0.650. The molecule has 2 rings (SSSR count). The van der Waals surface area contributed by atoms with E-state index >= 15 is 0 Å². The second kappa shape index (κ2) is 11.0. The highest BCUT2D eigenvalue weighted by atomic mass is 35.5. The summed E-state index contributed by atoms with van der Waals surface area (Å²) in [5, 5.41) is 15.4. The molecule has 0 aromatic rings. The maximum absolute atomic E-state index is 12.8. The van der Waals surface area contributed by atoms with Crippen molar-refractivity contribution < 1.29 is 23.1 Å². The number of hydrogen-bond donors (Lipinski definition) is 3. The summed E-state index contributed by atoms with van der Waals surface area (Å²) in [4.78, 5) is 14.2. The molecule has 0 atom stereocenters. The average Bonchev–Trinajstić information content (AvgIpc) is 2.62. The zero-order chi connectivity index (χ0) is 21.4. The third-order valence-electron chi connectivity index (χ3n) is 5.22. The Morgan fingerprint density at radius 2 is 1.90 bits per heavy atom. The van der Waals surface area contributed by atoms with Crippen molar-refractivity contribution in [3.63, 3.8) is 0 Å². The first-order valence-electron chi connectivity index (χ1n) is 9.82. The van der Waals surface area contributed by atoms with Crippen molar-refractivity contribution in [3.8, 4) is 0 Å². The molecular weight excluding hydrogens is 407 g/mol. The molecule has 0 aromatic carbocycles. The molecule has 2 fully saturated rings. The van der Waals surface area contributed by atoms with E-state index in [1.165, 1.54) is 6.08 Å². The Balaban J connectivity index is 1.65. The molecule has 0 aromatic heterocycles. The predicted octanol–water partition coefficient (Wildman–Crippen LogP) is 2.87. The number of carbonyl (C=O) groups is 1. The van der Waals surface area contributed by atoms with Crippen molar-refractivity contribution in [3.05, 3.63) is 36.1 Å².